The first-order valence-corrected chi connectivity index (χ1v) is 22.4. The van der Waals surface area contributed by atoms with Crippen LogP contribution in [0.3, 0.4) is 0 Å². The quantitative estimate of drug-likeness (QED) is 0.0861. The zero-order chi connectivity index (χ0) is 43.6. The molecule has 66 heavy (non-hydrogen) atoms. The minimum atomic E-state index is 0.908. The highest BCUT2D eigenvalue weighted by Gasteiger charge is 2.26. The van der Waals surface area contributed by atoms with Crippen molar-refractivity contribution < 1.29 is 0 Å². The second kappa shape index (κ2) is 15.3. The number of benzene rings is 10. The molecule has 0 atom stereocenters. The predicted octanol–water partition coefficient (Wildman–Crippen LogP) is 16.6. The number of rotatable bonds is 8. The highest BCUT2D eigenvalue weighted by molar-refractivity contribution is 6.23. The van der Waals surface area contributed by atoms with E-state index in [0.717, 1.165) is 67.1 Å². The Morgan fingerprint density at radius 3 is 1.03 bits per heavy atom. The molecule has 0 unspecified atom stereocenters. The summed E-state index contributed by atoms with van der Waals surface area (Å²) in [6.07, 6.45) is 6.09. The lowest BCUT2D eigenvalue weighted by molar-refractivity contribution is 1.17. The van der Waals surface area contributed by atoms with Crippen LogP contribution in [0.15, 0.2) is 260 Å². The van der Waals surface area contributed by atoms with E-state index in [-0.39, 0.29) is 0 Å². The van der Waals surface area contributed by atoms with Crippen molar-refractivity contribution in [1.82, 2.24) is 9.13 Å². The maximum absolute atomic E-state index is 3.50. The van der Waals surface area contributed by atoms with Crippen molar-refractivity contribution in [2.45, 2.75) is 0 Å². The maximum Gasteiger partial charge on any atom is 0.0973 e. The average Bonchev–Trinajstić information content (AvgIpc) is 3.91. The van der Waals surface area contributed by atoms with Crippen LogP contribution in [0.1, 0.15) is 0 Å². The summed E-state index contributed by atoms with van der Waals surface area (Å²) in [5.74, 6) is 0. The molecule has 0 fully saturated rings. The van der Waals surface area contributed by atoms with Crippen molar-refractivity contribution in [2.75, 3.05) is 9.80 Å². The Kier molecular flexibility index (Phi) is 8.72. The Labute approximate surface area is 382 Å². The molecule has 308 valence electrons. The van der Waals surface area contributed by atoms with Crippen molar-refractivity contribution in [3.05, 3.63) is 260 Å². The van der Waals surface area contributed by atoms with Gasteiger partial charge in [-0.15, -0.1) is 0 Å². The van der Waals surface area contributed by atoms with Crippen molar-refractivity contribution in [2.24, 2.45) is 0 Å². The first-order valence-electron chi connectivity index (χ1n) is 22.4. The fourth-order valence-corrected chi connectivity index (χ4v) is 10.3. The lowest BCUT2D eigenvalue weighted by Crippen LogP contribution is -2.17. The lowest BCUT2D eigenvalue weighted by Gasteiger charge is -2.32. The van der Waals surface area contributed by atoms with Crippen LogP contribution >= 0.6 is 0 Å². The number of hydrogen-bond donors (Lipinski definition) is 0. The number of para-hydroxylation sites is 5. The van der Waals surface area contributed by atoms with Crippen LogP contribution in [0, 0.1) is 0 Å². The molecule has 0 radical (unpaired) electrons. The van der Waals surface area contributed by atoms with Gasteiger partial charge in [0.25, 0.3) is 0 Å². The van der Waals surface area contributed by atoms with E-state index in [0.29, 0.717) is 0 Å². The van der Waals surface area contributed by atoms with E-state index < -0.39 is 0 Å². The van der Waals surface area contributed by atoms with Gasteiger partial charge >= 0.3 is 0 Å². The fraction of sp³-hybridized carbons (Fsp3) is 0. The summed E-state index contributed by atoms with van der Waals surface area (Å²) in [6.45, 7) is 0. The van der Waals surface area contributed by atoms with Crippen LogP contribution < -0.4 is 9.80 Å². The summed E-state index contributed by atoms with van der Waals surface area (Å²) in [5, 5.41) is 9.50. The van der Waals surface area contributed by atoms with Crippen molar-refractivity contribution >= 4 is 93.6 Å². The van der Waals surface area contributed by atoms with Crippen LogP contribution in [0.2, 0.25) is 0 Å². The van der Waals surface area contributed by atoms with Gasteiger partial charge in [0.2, 0.25) is 0 Å². The number of hydrogen-bond acceptors (Lipinski definition) is 2. The van der Waals surface area contributed by atoms with Crippen molar-refractivity contribution in [3.63, 3.8) is 0 Å². The molecule has 0 saturated carbocycles. The molecule has 0 saturated heterocycles. The van der Waals surface area contributed by atoms with Crippen LogP contribution in [0.5, 0.6) is 0 Å². The monoisotopic (exact) mass is 840 g/mol. The second-order valence-electron chi connectivity index (χ2n) is 16.7. The highest BCUT2D eigenvalue weighted by Crippen LogP contribution is 2.50. The summed E-state index contributed by atoms with van der Waals surface area (Å²) in [6, 6.07) is 81.2. The van der Waals surface area contributed by atoms with Gasteiger partial charge in [-0.2, -0.15) is 0 Å². The number of anilines is 5. The first-order chi connectivity index (χ1) is 32.8. The van der Waals surface area contributed by atoms with E-state index in [9.17, 15) is 0 Å². The predicted molar refractivity (Wildman–Crippen MR) is 278 cm³/mol. The molecular weight excluding hydrogens is 801 g/mol. The van der Waals surface area contributed by atoms with Crippen molar-refractivity contribution in [1.29, 1.82) is 0 Å². The number of allylic oxidation sites excluding steroid dienone is 3. The third-order valence-electron chi connectivity index (χ3n) is 13.1. The van der Waals surface area contributed by atoms with Gasteiger partial charge in [0, 0.05) is 71.5 Å². The molecule has 0 amide bonds. The topological polar surface area (TPSA) is 16.3 Å². The molecule has 4 nitrogen and oxygen atoms in total. The third-order valence-corrected chi connectivity index (χ3v) is 13.1. The second-order valence-corrected chi connectivity index (χ2v) is 16.7. The molecular formula is C62H40N4. The molecule has 0 bridgehead atoms. The zero-order valence-corrected chi connectivity index (χ0v) is 35.9. The number of nitrogens with zero attached hydrogens (tertiary/aromatic N) is 4. The molecule has 0 spiro atoms. The van der Waals surface area contributed by atoms with E-state index in [1.807, 2.05) is 12.2 Å². The molecule has 0 aliphatic heterocycles. The van der Waals surface area contributed by atoms with Gasteiger partial charge in [-0.1, -0.05) is 151 Å². The molecule has 2 heterocycles. The average molecular weight is 841 g/mol. The minimum absolute atomic E-state index is 0.908. The van der Waals surface area contributed by atoms with Crippen molar-refractivity contribution in [3.8, 4) is 11.4 Å². The van der Waals surface area contributed by atoms with Gasteiger partial charge in [-0.3, -0.25) is 0 Å². The molecule has 10 aromatic carbocycles. The Morgan fingerprint density at radius 2 is 0.636 bits per heavy atom. The Bertz CT molecular complexity index is 3840. The van der Waals surface area contributed by atoms with Gasteiger partial charge in [-0.25, -0.2) is 0 Å². The summed E-state index contributed by atoms with van der Waals surface area (Å²) < 4.78 is 4.75. The third kappa shape index (κ3) is 5.88. The number of aromatic nitrogens is 2. The Morgan fingerprint density at radius 1 is 0.303 bits per heavy atom. The highest BCUT2D eigenvalue weighted by atomic mass is 15.2. The lowest BCUT2D eigenvalue weighted by atomic mass is 9.95. The van der Waals surface area contributed by atoms with Crippen LogP contribution in [-0.2, 0) is 0 Å². The SMILES string of the molecule is C1=C=C(N(c2ccc(-n3c4ccccc4c4ccccc43)cc2)c2c3ccccc3c(N(c3ccccc3)c3ccc(-n4c5ccccc5c5ccccc54)cc3)c3ccccc23)C=CC=1. The summed E-state index contributed by atoms with van der Waals surface area (Å²) >= 11 is 0. The van der Waals surface area contributed by atoms with Gasteiger partial charge in [-0.05, 0) is 103 Å². The van der Waals surface area contributed by atoms with Crippen LogP contribution in [-0.4, -0.2) is 9.13 Å². The largest absolute Gasteiger partial charge is 0.309 e. The Hall–Kier alpha value is -9.04. The van der Waals surface area contributed by atoms with E-state index in [4.69, 9.17) is 0 Å². The normalized spacial score (nSPS) is 12.3. The molecule has 12 aromatic rings. The van der Waals surface area contributed by atoms with E-state index >= 15 is 0 Å². The van der Waals surface area contributed by atoms with Crippen LogP contribution in [0.4, 0.5) is 28.4 Å². The molecule has 4 heteroatoms. The summed E-state index contributed by atoms with van der Waals surface area (Å²) in [4.78, 5) is 4.78. The van der Waals surface area contributed by atoms with E-state index in [1.54, 1.807) is 0 Å². The zero-order valence-electron chi connectivity index (χ0n) is 35.9. The molecule has 13 rings (SSSR count). The molecule has 0 N–H and O–H groups in total. The van der Waals surface area contributed by atoms with Gasteiger partial charge in [0.1, 0.15) is 0 Å². The standard InChI is InChI=1S/C62H40N4/c1-3-19-43(20-4-1)63(45-35-39-47(40-36-45)65-57-31-15-11-23-49(57)50-24-12-16-32-58(50)65)61-53-27-7-9-29-55(53)62(56-30-10-8-28-54(56)61)64(44-21-5-2-6-22-44)46-37-41-48(42-38-46)66-59-33-17-13-25-51(59)52-26-14-18-34-60(52)66/h1-5,7-21,23-42H. The van der Waals surface area contributed by atoms with E-state index in [1.165, 1.54) is 43.6 Å². The summed E-state index contributed by atoms with van der Waals surface area (Å²) in [7, 11) is 0. The first kappa shape index (κ1) is 37.5. The molecule has 1 aliphatic carbocycles. The minimum Gasteiger partial charge on any atom is -0.309 e. The summed E-state index contributed by atoms with van der Waals surface area (Å²) in [5.41, 5.74) is 20.0. The maximum atomic E-state index is 3.50. The smallest absolute Gasteiger partial charge is 0.0973 e. The fourth-order valence-electron chi connectivity index (χ4n) is 10.3. The van der Waals surface area contributed by atoms with Crippen LogP contribution in [0.25, 0.3) is 76.5 Å². The van der Waals surface area contributed by atoms with Gasteiger partial charge < -0.3 is 18.9 Å². The van der Waals surface area contributed by atoms with Gasteiger partial charge in [0.15, 0.2) is 0 Å². The molecule has 1 aliphatic rings. The Balaban J connectivity index is 1.01. The molecule has 2 aromatic heterocycles. The van der Waals surface area contributed by atoms with Gasteiger partial charge in [0.05, 0.1) is 39.1 Å². The number of fused-ring (bicyclic) bond motifs is 8. The van der Waals surface area contributed by atoms with E-state index in [2.05, 4.69) is 261 Å².